The molecule has 0 bridgehead atoms. The molecule has 0 saturated heterocycles. The van der Waals surface area contributed by atoms with E-state index in [1.807, 2.05) is 44.2 Å². The van der Waals surface area contributed by atoms with E-state index in [1.165, 1.54) is 11.8 Å². The Labute approximate surface area is 203 Å². The van der Waals surface area contributed by atoms with E-state index >= 15 is 0 Å². The van der Waals surface area contributed by atoms with Gasteiger partial charge in [0.15, 0.2) is 0 Å². The molecule has 1 atom stereocenters. The second kappa shape index (κ2) is 12.6. The third-order valence-electron chi connectivity index (χ3n) is 4.63. The van der Waals surface area contributed by atoms with Crippen molar-refractivity contribution in [1.82, 2.24) is 10.2 Å². The Morgan fingerprint density at radius 2 is 1.71 bits per heavy atom. The number of hydrogen-bond acceptors (Lipinski definition) is 3. The van der Waals surface area contributed by atoms with Gasteiger partial charge in [-0.25, -0.2) is 0 Å². The van der Waals surface area contributed by atoms with Gasteiger partial charge < -0.3 is 10.2 Å². The zero-order valence-corrected chi connectivity index (χ0v) is 20.9. The molecule has 31 heavy (non-hydrogen) atoms. The van der Waals surface area contributed by atoms with Crippen LogP contribution in [0.5, 0.6) is 0 Å². The highest BCUT2D eigenvalue weighted by atomic mass is 35.5. The van der Waals surface area contributed by atoms with Gasteiger partial charge in [-0.1, -0.05) is 72.9 Å². The number of nitrogens with one attached hydrogen (secondary N) is 1. The van der Waals surface area contributed by atoms with Gasteiger partial charge in [0.2, 0.25) is 11.8 Å². The minimum atomic E-state index is -0.624. The molecular formula is C23H27Cl3N2O2S. The molecule has 0 heterocycles. The Bertz CT molecular complexity index is 908. The van der Waals surface area contributed by atoms with E-state index in [4.69, 9.17) is 34.8 Å². The van der Waals surface area contributed by atoms with Crippen LogP contribution in [0.15, 0.2) is 42.5 Å². The monoisotopic (exact) mass is 500 g/mol. The molecule has 0 aromatic heterocycles. The molecule has 2 aromatic carbocycles. The largest absolute Gasteiger partial charge is 0.354 e. The summed E-state index contributed by atoms with van der Waals surface area (Å²) in [5.74, 6) is 0.851. The first-order chi connectivity index (χ1) is 14.7. The van der Waals surface area contributed by atoms with Gasteiger partial charge in [0.05, 0.1) is 15.8 Å². The topological polar surface area (TPSA) is 49.4 Å². The lowest BCUT2D eigenvalue weighted by Crippen LogP contribution is -2.48. The van der Waals surface area contributed by atoms with Crippen LogP contribution < -0.4 is 5.32 Å². The third kappa shape index (κ3) is 8.23. The molecule has 2 aromatic rings. The normalized spacial score (nSPS) is 12.0. The van der Waals surface area contributed by atoms with E-state index in [0.29, 0.717) is 33.3 Å². The number of halogens is 3. The first-order valence-electron chi connectivity index (χ1n) is 10.0. The molecule has 4 nitrogen and oxygen atoms in total. The van der Waals surface area contributed by atoms with Gasteiger partial charge in [-0.3, -0.25) is 9.59 Å². The van der Waals surface area contributed by atoms with Crippen LogP contribution in [0.2, 0.25) is 15.1 Å². The maximum absolute atomic E-state index is 13.1. The van der Waals surface area contributed by atoms with E-state index in [2.05, 4.69) is 5.32 Å². The molecule has 0 radical (unpaired) electrons. The Morgan fingerprint density at radius 1 is 1.00 bits per heavy atom. The van der Waals surface area contributed by atoms with Crippen molar-refractivity contribution < 1.29 is 9.59 Å². The van der Waals surface area contributed by atoms with Crippen LogP contribution in [0.4, 0.5) is 0 Å². The lowest BCUT2D eigenvalue weighted by atomic mass is 10.1. The maximum atomic E-state index is 13.1. The van der Waals surface area contributed by atoms with Crippen LogP contribution in [0, 0.1) is 5.92 Å². The number of nitrogens with zero attached hydrogens (tertiary/aromatic N) is 1. The molecule has 0 spiro atoms. The fourth-order valence-electron chi connectivity index (χ4n) is 2.82. The van der Waals surface area contributed by atoms with Gasteiger partial charge in [-0.2, -0.15) is 0 Å². The smallest absolute Gasteiger partial charge is 0.242 e. The van der Waals surface area contributed by atoms with Crippen LogP contribution in [-0.2, 0) is 21.9 Å². The summed E-state index contributed by atoms with van der Waals surface area (Å²) in [5.41, 5.74) is 1.78. The fraction of sp³-hybridized carbons (Fsp3) is 0.391. The Kier molecular flexibility index (Phi) is 10.5. The summed E-state index contributed by atoms with van der Waals surface area (Å²) in [4.78, 5) is 27.3. The lowest BCUT2D eigenvalue weighted by Gasteiger charge is -2.29. The number of hydrogen-bond donors (Lipinski definition) is 1. The summed E-state index contributed by atoms with van der Waals surface area (Å²) in [5, 5.41) is 4.45. The Hall–Kier alpha value is -1.40. The molecule has 8 heteroatoms. The van der Waals surface area contributed by atoms with Crippen LogP contribution in [0.3, 0.4) is 0 Å². The van der Waals surface area contributed by atoms with E-state index in [9.17, 15) is 9.59 Å². The molecule has 2 rings (SSSR count). The summed E-state index contributed by atoms with van der Waals surface area (Å²) < 4.78 is 0. The summed E-state index contributed by atoms with van der Waals surface area (Å²) in [7, 11) is 0. The molecular weight excluding hydrogens is 475 g/mol. The number of rotatable bonds is 10. The van der Waals surface area contributed by atoms with E-state index in [1.54, 1.807) is 24.0 Å². The SMILES string of the molecule is CC(C)CNC(=O)[C@H](C)N(Cc1ccc(Cl)c(Cl)c1)C(=O)CSCc1ccccc1Cl. The molecule has 0 saturated carbocycles. The second-order valence-corrected chi connectivity index (χ2v) is 9.88. The van der Waals surface area contributed by atoms with E-state index in [-0.39, 0.29) is 24.1 Å². The van der Waals surface area contributed by atoms with Crippen molar-refractivity contribution in [2.24, 2.45) is 5.92 Å². The fourth-order valence-corrected chi connectivity index (χ4v) is 4.33. The standard InChI is InChI=1S/C23H27Cl3N2O2S/c1-15(2)11-27-23(30)16(3)28(12-17-8-9-20(25)21(26)10-17)22(29)14-31-13-18-6-4-5-7-19(18)24/h4-10,15-16H,11-14H2,1-3H3,(H,27,30)/t16-/m0/s1. The van der Waals surface area contributed by atoms with Crippen molar-refractivity contribution in [3.8, 4) is 0 Å². The number of benzene rings is 2. The second-order valence-electron chi connectivity index (χ2n) is 7.67. The molecule has 1 N–H and O–H groups in total. The number of carbonyl (C=O) groups is 2. The number of thioether (sulfide) groups is 1. The highest BCUT2D eigenvalue weighted by molar-refractivity contribution is 7.99. The maximum Gasteiger partial charge on any atom is 0.242 e. The van der Waals surface area contributed by atoms with Crippen molar-refractivity contribution in [1.29, 1.82) is 0 Å². The van der Waals surface area contributed by atoms with Crippen molar-refractivity contribution in [3.05, 3.63) is 68.7 Å². The molecule has 0 fully saturated rings. The van der Waals surface area contributed by atoms with Gasteiger partial charge in [-0.05, 0) is 42.2 Å². The molecule has 168 valence electrons. The predicted molar refractivity (Wildman–Crippen MR) is 132 cm³/mol. The molecule has 0 unspecified atom stereocenters. The zero-order chi connectivity index (χ0) is 23.0. The quantitative estimate of drug-likeness (QED) is 0.430. The van der Waals surface area contributed by atoms with Crippen molar-refractivity contribution >= 4 is 58.4 Å². The summed E-state index contributed by atoms with van der Waals surface area (Å²) in [6.45, 7) is 6.60. The van der Waals surface area contributed by atoms with Crippen LogP contribution in [0.25, 0.3) is 0 Å². The minimum Gasteiger partial charge on any atom is -0.354 e. The zero-order valence-electron chi connectivity index (χ0n) is 17.8. The van der Waals surface area contributed by atoms with Crippen molar-refractivity contribution in [3.63, 3.8) is 0 Å². The molecule has 0 aliphatic carbocycles. The van der Waals surface area contributed by atoms with E-state index < -0.39 is 6.04 Å². The Morgan fingerprint density at radius 3 is 2.35 bits per heavy atom. The van der Waals surface area contributed by atoms with Crippen molar-refractivity contribution in [2.75, 3.05) is 12.3 Å². The van der Waals surface area contributed by atoms with Crippen LogP contribution in [-0.4, -0.2) is 35.1 Å². The van der Waals surface area contributed by atoms with Gasteiger partial charge in [-0.15, -0.1) is 11.8 Å². The van der Waals surface area contributed by atoms with E-state index in [0.717, 1.165) is 11.1 Å². The molecule has 2 amide bonds. The minimum absolute atomic E-state index is 0.129. The average Bonchev–Trinajstić information content (AvgIpc) is 2.73. The van der Waals surface area contributed by atoms with Gasteiger partial charge >= 0.3 is 0 Å². The molecule has 0 aliphatic rings. The predicted octanol–water partition coefficient (Wildman–Crippen LogP) is 6.07. The first-order valence-corrected chi connectivity index (χ1v) is 12.3. The first kappa shape index (κ1) is 25.9. The number of carbonyl (C=O) groups excluding carboxylic acids is 2. The third-order valence-corrected chi connectivity index (χ3v) is 6.70. The van der Waals surface area contributed by atoms with Crippen LogP contribution >= 0.6 is 46.6 Å². The summed E-state index contributed by atoms with van der Waals surface area (Å²) in [6, 6.07) is 12.2. The van der Waals surface area contributed by atoms with Crippen LogP contribution in [0.1, 0.15) is 31.9 Å². The lowest BCUT2D eigenvalue weighted by molar-refractivity contribution is -0.138. The highest BCUT2D eigenvalue weighted by Crippen LogP contribution is 2.25. The van der Waals surface area contributed by atoms with Gasteiger partial charge in [0.25, 0.3) is 0 Å². The van der Waals surface area contributed by atoms with Crippen molar-refractivity contribution in [2.45, 2.75) is 39.1 Å². The van der Waals surface area contributed by atoms with Gasteiger partial charge in [0, 0.05) is 23.9 Å². The van der Waals surface area contributed by atoms with Gasteiger partial charge in [0.1, 0.15) is 6.04 Å². The summed E-state index contributed by atoms with van der Waals surface area (Å²) >= 11 is 19.8. The Balaban J connectivity index is 2.10. The number of amides is 2. The molecule has 0 aliphatic heterocycles. The summed E-state index contributed by atoms with van der Waals surface area (Å²) in [6.07, 6.45) is 0. The average molecular weight is 502 g/mol. The highest BCUT2D eigenvalue weighted by Gasteiger charge is 2.26.